The van der Waals surface area contributed by atoms with E-state index in [1.165, 1.54) is 79.9 Å². The zero-order valence-corrected chi connectivity index (χ0v) is 22.4. The van der Waals surface area contributed by atoms with E-state index >= 15 is 0 Å². The molecule has 4 nitrogen and oxygen atoms in total. The number of aromatic nitrogens is 2. The number of carbonyl (C=O) groups is 1. The molecule has 1 heterocycles. The third-order valence-corrected chi connectivity index (χ3v) is 12.2. The summed E-state index contributed by atoms with van der Waals surface area (Å²) in [6, 6.07) is 22.3. The van der Waals surface area contributed by atoms with Crippen molar-refractivity contribution in [3.05, 3.63) is 73.1 Å². The second-order valence-electron chi connectivity index (χ2n) is 9.82. The average Bonchev–Trinajstić information content (AvgIpc) is 3.32. The van der Waals surface area contributed by atoms with E-state index in [9.17, 15) is 4.79 Å². The van der Waals surface area contributed by atoms with Gasteiger partial charge in [-0.05, 0) is 0 Å². The molecular weight excluding hydrogens is 451 g/mol. The van der Waals surface area contributed by atoms with E-state index in [0.717, 1.165) is 12.8 Å². The second-order valence-corrected chi connectivity index (χ2v) is 13.9. The van der Waals surface area contributed by atoms with Crippen molar-refractivity contribution >= 4 is 29.1 Å². The van der Waals surface area contributed by atoms with Crippen molar-refractivity contribution in [2.45, 2.75) is 77.0 Å². The van der Waals surface area contributed by atoms with Crippen LogP contribution in [0.5, 0.6) is 0 Å². The second kappa shape index (κ2) is 14.8. The van der Waals surface area contributed by atoms with Gasteiger partial charge in [0, 0.05) is 6.42 Å². The first kappa shape index (κ1) is 27.1. The molecule has 0 fully saturated rings. The van der Waals surface area contributed by atoms with Crippen molar-refractivity contribution in [3.63, 3.8) is 0 Å². The van der Waals surface area contributed by atoms with Crippen molar-refractivity contribution in [3.8, 4) is 0 Å². The first-order chi connectivity index (χ1) is 17.1. The predicted molar refractivity (Wildman–Crippen MR) is 151 cm³/mol. The molecule has 0 bridgehead atoms. The molecular formula is C30H43N2O2P. The van der Waals surface area contributed by atoms with Crippen LogP contribution >= 0.6 is 7.26 Å². The van der Waals surface area contributed by atoms with Gasteiger partial charge in [-0.3, -0.25) is 4.79 Å². The standard InChI is InChI=1S/C30H43N2O2P/c1-32-26-29(25-31-32)35(27-19-13-11-14-20-27,28-21-15-12-16-22-28)24-18-10-8-6-4-2-3-5-7-9-17-23-30(33)34/h11-16,19-22,25-26,35H,2-10,17-18,23-24H2,1H3,(H,33,34). The van der Waals surface area contributed by atoms with Crippen LogP contribution in [0.15, 0.2) is 73.1 Å². The van der Waals surface area contributed by atoms with Crippen LogP contribution in [-0.2, 0) is 11.8 Å². The molecule has 0 aliphatic heterocycles. The maximum absolute atomic E-state index is 10.6. The van der Waals surface area contributed by atoms with E-state index in [2.05, 4.69) is 78.2 Å². The van der Waals surface area contributed by atoms with Crippen molar-refractivity contribution in [1.82, 2.24) is 9.78 Å². The fourth-order valence-corrected chi connectivity index (χ4v) is 10.1. The molecule has 1 aromatic heterocycles. The number of benzene rings is 2. The average molecular weight is 495 g/mol. The Morgan fingerprint density at radius 3 is 1.60 bits per heavy atom. The Balaban J connectivity index is 1.50. The third kappa shape index (κ3) is 8.32. The number of rotatable bonds is 17. The summed E-state index contributed by atoms with van der Waals surface area (Å²) in [6.45, 7) is 0. The normalized spacial score (nSPS) is 12.0. The van der Waals surface area contributed by atoms with E-state index in [1.54, 1.807) is 0 Å². The van der Waals surface area contributed by atoms with Gasteiger partial charge in [0.15, 0.2) is 0 Å². The summed E-state index contributed by atoms with van der Waals surface area (Å²) in [5.41, 5.74) is 0. The molecule has 0 aliphatic carbocycles. The van der Waals surface area contributed by atoms with Gasteiger partial charge < -0.3 is 5.11 Å². The van der Waals surface area contributed by atoms with E-state index in [4.69, 9.17) is 5.11 Å². The quantitative estimate of drug-likeness (QED) is 0.179. The number of nitrogens with zero attached hydrogens (tertiary/aromatic N) is 2. The van der Waals surface area contributed by atoms with Crippen molar-refractivity contribution < 1.29 is 9.90 Å². The van der Waals surface area contributed by atoms with Gasteiger partial charge in [0.05, 0.1) is 0 Å². The van der Waals surface area contributed by atoms with E-state index in [0.29, 0.717) is 6.42 Å². The van der Waals surface area contributed by atoms with E-state index < -0.39 is 13.2 Å². The summed E-state index contributed by atoms with van der Waals surface area (Å²) in [6.07, 6.45) is 19.2. The maximum atomic E-state index is 10.6. The first-order valence-electron chi connectivity index (χ1n) is 13.4. The van der Waals surface area contributed by atoms with Gasteiger partial charge in [-0.2, -0.15) is 0 Å². The molecule has 35 heavy (non-hydrogen) atoms. The predicted octanol–water partition coefficient (Wildman–Crippen LogP) is 6.21. The molecule has 5 heteroatoms. The molecule has 1 N–H and O–H groups in total. The van der Waals surface area contributed by atoms with Gasteiger partial charge in [0.1, 0.15) is 0 Å². The molecule has 0 unspecified atom stereocenters. The summed E-state index contributed by atoms with van der Waals surface area (Å²) in [5.74, 6) is -0.669. The van der Waals surface area contributed by atoms with Crippen molar-refractivity contribution in [1.29, 1.82) is 0 Å². The van der Waals surface area contributed by atoms with Crippen LogP contribution in [0.4, 0.5) is 0 Å². The summed E-state index contributed by atoms with van der Waals surface area (Å²) in [7, 11) is -0.105. The molecule has 0 atom stereocenters. The number of carboxylic acid groups (broad SMARTS) is 1. The molecule has 2 aromatic carbocycles. The summed E-state index contributed by atoms with van der Waals surface area (Å²) in [4.78, 5) is 10.6. The zero-order valence-electron chi connectivity index (χ0n) is 21.4. The molecule has 0 aliphatic rings. The Hall–Kier alpha value is -2.45. The van der Waals surface area contributed by atoms with Crippen LogP contribution < -0.4 is 15.9 Å². The van der Waals surface area contributed by atoms with Crippen LogP contribution in [0.2, 0.25) is 0 Å². The molecule has 190 valence electrons. The Morgan fingerprint density at radius 2 is 1.17 bits per heavy atom. The van der Waals surface area contributed by atoms with Gasteiger partial charge in [-0.25, -0.2) is 0 Å². The summed E-state index contributed by atoms with van der Waals surface area (Å²) >= 11 is 0. The van der Waals surface area contributed by atoms with Gasteiger partial charge in [0.25, 0.3) is 0 Å². The molecule has 3 aromatic rings. The minimum absolute atomic E-state index is 0.319. The Kier molecular flexibility index (Phi) is 11.5. The SMILES string of the molecule is Cn1cc([PH](CCCCCCCCCCCCCC(=O)O)(c2ccccc2)c2ccccc2)cn1. The Labute approximate surface area is 212 Å². The molecule has 0 spiro atoms. The van der Waals surface area contributed by atoms with Crippen LogP contribution in [0.1, 0.15) is 77.0 Å². The number of aliphatic carboxylic acids is 1. The number of hydrogen-bond acceptors (Lipinski definition) is 2. The topological polar surface area (TPSA) is 55.1 Å². The van der Waals surface area contributed by atoms with Gasteiger partial charge in [0.2, 0.25) is 0 Å². The van der Waals surface area contributed by atoms with Crippen molar-refractivity contribution in [2.75, 3.05) is 6.16 Å². The van der Waals surface area contributed by atoms with Gasteiger partial charge in [-0.15, -0.1) is 0 Å². The zero-order chi connectivity index (χ0) is 24.8. The molecule has 0 amide bonds. The molecule has 0 radical (unpaired) electrons. The number of hydrogen-bond donors (Lipinski definition) is 1. The monoisotopic (exact) mass is 494 g/mol. The number of carboxylic acids is 1. The van der Waals surface area contributed by atoms with Crippen molar-refractivity contribution in [2.24, 2.45) is 7.05 Å². The van der Waals surface area contributed by atoms with Crippen LogP contribution in [0.25, 0.3) is 0 Å². The van der Waals surface area contributed by atoms with Gasteiger partial charge >= 0.3 is 196 Å². The Morgan fingerprint density at radius 1 is 0.714 bits per heavy atom. The summed E-state index contributed by atoms with van der Waals surface area (Å²) in [5, 5.41) is 17.6. The van der Waals surface area contributed by atoms with Crippen LogP contribution in [-0.4, -0.2) is 27.0 Å². The van der Waals surface area contributed by atoms with Gasteiger partial charge in [-0.1, -0.05) is 0 Å². The molecule has 3 rings (SSSR count). The number of unbranched alkanes of at least 4 members (excludes halogenated alkanes) is 10. The third-order valence-electron chi connectivity index (χ3n) is 7.17. The summed E-state index contributed by atoms with van der Waals surface area (Å²) < 4.78 is 1.95. The van der Waals surface area contributed by atoms with Crippen LogP contribution in [0.3, 0.4) is 0 Å². The minimum atomic E-state index is -2.13. The fraction of sp³-hybridized carbons (Fsp3) is 0.467. The fourth-order valence-electron chi connectivity index (χ4n) is 5.28. The molecule has 0 saturated carbocycles. The Bertz CT molecular complexity index is 948. The van der Waals surface area contributed by atoms with E-state index in [-0.39, 0.29) is 0 Å². The van der Waals surface area contributed by atoms with E-state index in [1.807, 2.05) is 11.7 Å². The number of aryl methyl sites for hydroxylation is 1. The molecule has 0 saturated heterocycles. The first-order valence-corrected chi connectivity index (χ1v) is 15.7. The van der Waals surface area contributed by atoms with Crippen LogP contribution in [0, 0.1) is 0 Å².